The van der Waals surface area contributed by atoms with Gasteiger partial charge in [0.15, 0.2) is 0 Å². The summed E-state index contributed by atoms with van der Waals surface area (Å²) in [5.41, 5.74) is 3.94. The molecule has 2 heteroatoms. The molecule has 0 bridgehead atoms. The highest BCUT2D eigenvalue weighted by atomic mass is 15.2. The summed E-state index contributed by atoms with van der Waals surface area (Å²) in [5.74, 6) is 5.39. The molecule has 0 aliphatic rings. The molecule has 0 saturated carbocycles. The third-order valence-corrected chi connectivity index (χ3v) is 1.81. The van der Waals surface area contributed by atoms with Gasteiger partial charge in [-0.1, -0.05) is 36.4 Å². The molecular weight excluding hydrogens is 148 g/mol. The second kappa shape index (κ2) is 4.70. The van der Waals surface area contributed by atoms with Gasteiger partial charge in [-0.3, -0.25) is 11.3 Å². The zero-order valence-electron chi connectivity index (χ0n) is 7.03. The summed E-state index contributed by atoms with van der Waals surface area (Å²) in [4.78, 5) is 0. The van der Waals surface area contributed by atoms with E-state index >= 15 is 0 Å². The minimum absolute atomic E-state index is 0.184. The molecule has 1 atom stereocenters. The van der Waals surface area contributed by atoms with Crippen molar-refractivity contribution in [2.24, 2.45) is 5.84 Å². The van der Waals surface area contributed by atoms with E-state index < -0.39 is 0 Å². The summed E-state index contributed by atoms with van der Waals surface area (Å²) in [7, 11) is 0. The van der Waals surface area contributed by atoms with Crippen molar-refractivity contribution in [1.82, 2.24) is 5.43 Å². The van der Waals surface area contributed by atoms with Gasteiger partial charge in [-0.2, -0.15) is 0 Å². The third-order valence-electron chi connectivity index (χ3n) is 1.81. The largest absolute Gasteiger partial charge is 0.271 e. The number of benzene rings is 1. The highest BCUT2D eigenvalue weighted by Crippen LogP contribution is 2.14. The zero-order chi connectivity index (χ0) is 8.81. The van der Waals surface area contributed by atoms with E-state index in [9.17, 15) is 0 Å². The maximum atomic E-state index is 5.39. The van der Waals surface area contributed by atoms with Crippen LogP contribution in [0.1, 0.15) is 18.0 Å². The van der Waals surface area contributed by atoms with Gasteiger partial charge in [-0.25, -0.2) is 0 Å². The molecule has 1 aromatic rings. The van der Waals surface area contributed by atoms with Gasteiger partial charge >= 0.3 is 0 Å². The Bertz CT molecular complexity index is 231. The summed E-state index contributed by atoms with van der Waals surface area (Å²) in [6.07, 6.45) is 2.71. The molecule has 12 heavy (non-hydrogen) atoms. The Hall–Kier alpha value is -1.12. The Morgan fingerprint density at radius 1 is 1.42 bits per heavy atom. The standard InChI is InChI=1S/C10H14N2/c1-2-6-10(12-11)9-7-4-3-5-8-9/h2-5,7-8,10,12H,1,6,11H2. The number of nitrogens with one attached hydrogen (secondary N) is 1. The van der Waals surface area contributed by atoms with Gasteiger partial charge in [0, 0.05) is 6.04 Å². The molecule has 1 rings (SSSR count). The van der Waals surface area contributed by atoms with Crippen molar-refractivity contribution >= 4 is 0 Å². The predicted molar refractivity (Wildman–Crippen MR) is 51.3 cm³/mol. The second-order valence-corrected chi connectivity index (χ2v) is 2.65. The van der Waals surface area contributed by atoms with E-state index in [-0.39, 0.29) is 6.04 Å². The summed E-state index contributed by atoms with van der Waals surface area (Å²) >= 11 is 0. The van der Waals surface area contributed by atoms with Crippen LogP contribution >= 0.6 is 0 Å². The first kappa shape index (κ1) is 8.97. The molecule has 1 unspecified atom stereocenters. The fraction of sp³-hybridized carbons (Fsp3) is 0.200. The third kappa shape index (κ3) is 2.19. The topological polar surface area (TPSA) is 38.0 Å². The van der Waals surface area contributed by atoms with Crippen LogP contribution in [-0.2, 0) is 0 Å². The highest BCUT2D eigenvalue weighted by Gasteiger charge is 2.04. The van der Waals surface area contributed by atoms with E-state index in [2.05, 4.69) is 12.0 Å². The van der Waals surface area contributed by atoms with Crippen LogP contribution in [-0.4, -0.2) is 0 Å². The molecule has 0 aliphatic carbocycles. The average Bonchev–Trinajstić information content (AvgIpc) is 2.15. The van der Waals surface area contributed by atoms with Crippen LogP contribution in [0.25, 0.3) is 0 Å². The fourth-order valence-electron chi connectivity index (χ4n) is 1.15. The number of hydrazine groups is 1. The predicted octanol–water partition coefficient (Wildman–Crippen LogP) is 1.77. The average molecular weight is 162 g/mol. The van der Waals surface area contributed by atoms with Crippen LogP contribution in [0.3, 0.4) is 0 Å². The van der Waals surface area contributed by atoms with Crippen LogP contribution in [0.4, 0.5) is 0 Å². The number of rotatable bonds is 4. The lowest BCUT2D eigenvalue weighted by Crippen LogP contribution is -2.27. The van der Waals surface area contributed by atoms with E-state index in [0.717, 1.165) is 6.42 Å². The minimum Gasteiger partial charge on any atom is -0.271 e. The van der Waals surface area contributed by atoms with Gasteiger partial charge < -0.3 is 0 Å². The lowest BCUT2D eigenvalue weighted by molar-refractivity contribution is 0.561. The van der Waals surface area contributed by atoms with Crippen LogP contribution in [0.2, 0.25) is 0 Å². The molecule has 64 valence electrons. The van der Waals surface area contributed by atoms with Gasteiger partial charge in [-0.15, -0.1) is 6.58 Å². The fourth-order valence-corrected chi connectivity index (χ4v) is 1.15. The first-order chi connectivity index (χ1) is 5.88. The first-order valence-electron chi connectivity index (χ1n) is 4.00. The normalized spacial score (nSPS) is 12.4. The number of hydrogen-bond acceptors (Lipinski definition) is 2. The maximum Gasteiger partial charge on any atom is 0.0494 e. The monoisotopic (exact) mass is 162 g/mol. The molecule has 0 spiro atoms. The van der Waals surface area contributed by atoms with Gasteiger partial charge in [0.1, 0.15) is 0 Å². The van der Waals surface area contributed by atoms with Gasteiger partial charge in [0.05, 0.1) is 0 Å². The molecule has 0 heterocycles. The number of hydrogen-bond donors (Lipinski definition) is 2. The molecule has 0 fully saturated rings. The second-order valence-electron chi connectivity index (χ2n) is 2.65. The summed E-state index contributed by atoms with van der Waals surface area (Å²) in [6.45, 7) is 3.68. The Morgan fingerprint density at radius 3 is 2.58 bits per heavy atom. The Labute approximate surface area is 73.1 Å². The summed E-state index contributed by atoms with van der Waals surface area (Å²) < 4.78 is 0. The van der Waals surface area contributed by atoms with Crippen LogP contribution in [0.15, 0.2) is 43.0 Å². The zero-order valence-corrected chi connectivity index (χ0v) is 7.03. The molecular formula is C10H14N2. The van der Waals surface area contributed by atoms with E-state index in [1.807, 2.05) is 36.4 Å². The van der Waals surface area contributed by atoms with Gasteiger partial charge in [0.25, 0.3) is 0 Å². The van der Waals surface area contributed by atoms with Crippen molar-refractivity contribution < 1.29 is 0 Å². The molecule has 0 aliphatic heterocycles. The van der Waals surface area contributed by atoms with E-state index in [1.165, 1.54) is 5.56 Å². The van der Waals surface area contributed by atoms with Gasteiger partial charge in [0.2, 0.25) is 0 Å². The number of nitrogens with two attached hydrogens (primary N) is 1. The molecule has 3 N–H and O–H groups in total. The van der Waals surface area contributed by atoms with Crippen LogP contribution < -0.4 is 11.3 Å². The van der Waals surface area contributed by atoms with Crippen molar-refractivity contribution in [3.05, 3.63) is 48.6 Å². The Kier molecular flexibility index (Phi) is 3.51. The van der Waals surface area contributed by atoms with Crippen molar-refractivity contribution in [3.8, 4) is 0 Å². The highest BCUT2D eigenvalue weighted by molar-refractivity contribution is 5.19. The molecule has 1 aromatic carbocycles. The van der Waals surface area contributed by atoms with Crippen LogP contribution in [0, 0.1) is 0 Å². The molecule has 0 aromatic heterocycles. The molecule has 0 amide bonds. The minimum atomic E-state index is 0.184. The van der Waals surface area contributed by atoms with E-state index in [0.29, 0.717) is 0 Å². The summed E-state index contributed by atoms with van der Waals surface area (Å²) in [6, 6.07) is 10.3. The van der Waals surface area contributed by atoms with Crippen molar-refractivity contribution in [2.45, 2.75) is 12.5 Å². The first-order valence-corrected chi connectivity index (χ1v) is 4.00. The van der Waals surface area contributed by atoms with Crippen molar-refractivity contribution in [3.63, 3.8) is 0 Å². The van der Waals surface area contributed by atoms with Gasteiger partial charge in [-0.05, 0) is 12.0 Å². The van der Waals surface area contributed by atoms with E-state index in [4.69, 9.17) is 5.84 Å². The lowest BCUT2D eigenvalue weighted by atomic mass is 10.1. The van der Waals surface area contributed by atoms with Crippen molar-refractivity contribution in [1.29, 1.82) is 0 Å². The smallest absolute Gasteiger partial charge is 0.0494 e. The Morgan fingerprint density at radius 2 is 2.08 bits per heavy atom. The quantitative estimate of drug-likeness (QED) is 0.402. The van der Waals surface area contributed by atoms with Crippen molar-refractivity contribution in [2.75, 3.05) is 0 Å². The SMILES string of the molecule is C=CCC(NN)c1ccccc1. The molecule has 0 radical (unpaired) electrons. The lowest BCUT2D eigenvalue weighted by Gasteiger charge is -2.13. The Balaban J connectivity index is 2.72. The summed E-state index contributed by atoms with van der Waals surface area (Å²) in [5, 5.41) is 0. The van der Waals surface area contributed by atoms with E-state index in [1.54, 1.807) is 0 Å². The molecule has 2 nitrogen and oxygen atoms in total. The van der Waals surface area contributed by atoms with Crippen LogP contribution in [0.5, 0.6) is 0 Å². The maximum absolute atomic E-state index is 5.39. The molecule has 0 saturated heterocycles.